The van der Waals surface area contributed by atoms with Crippen LogP contribution in [-0.4, -0.2) is 10.1 Å². The molecule has 4 nitrogen and oxygen atoms in total. The highest BCUT2D eigenvalue weighted by Gasteiger charge is 2.25. The first kappa shape index (κ1) is 14.2. The van der Waals surface area contributed by atoms with E-state index in [4.69, 9.17) is 9.78 Å². The van der Waals surface area contributed by atoms with Gasteiger partial charge in [0.1, 0.15) is 5.82 Å². The Balaban J connectivity index is 2.17. The fraction of sp³-hybridized carbons (Fsp3) is 0.400. The molecule has 0 radical (unpaired) electrons. The Morgan fingerprint density at radius 3 is 2.65 bits per heavy atom. The van der Waals surface area contributed by atoms with Crippen LogP contribution < -0.4 is 0 Å². The van der Waals surface area contributed by atoms with Gasteiger partial charge in [-0.2, -0.15) is 10.2 Å². The molecule has 1 atom stereocenters. The molecular weight excluding hydrogens is 257 g/mol. The zero-order valence-corrected chi connectivity index (χ0v) is 11.6. The lowest BCUT2D eigenvalue weighted by molar-refractivity contribution is 0.266. The Morgan fingerprint density at radius 1 is 1.35 bits per heavy atom. The van der Waals surface area contributed by atoms with Gasteiger partial charge in [-0.1, -0.05) is 19.0 Å². The fourth-order valence-electron chi connectivity index (χ4n) is 1.91. The van der Waals surface area contributed by atoms with Gasteiger partial charge in [0.2, 0.25) is 11.7 Å². The molecule has 1 unspecified atom stereocenters. The van der Waals surface area contributed by atoms with Crippen LogP contribution in [0.3, 0.4) is 0 Å². The number of halogens is 1. The van der Waals surface area contributed by atoms with E-state index in [1.807, 2.05) is 13.8 Å². The second kappa shape index (κ2) is 5.83. The minimum absolute atomic E-state index is 0.165. The van der Waals surface area contributed by atoms with Crippen LogP contribution in [0.2, 0.25) is 0 Å². The monoisotopic (exact) mass is 273 g/mol. The molecule has 0 amide bonds. The molecule has 0 saturated carbocycles. The summed E-state index contributed by atoms with van der Waals surface area (Å²) >= 11 is 0. The smallest absolute Gasteiger partial charge is 0.227 e. The number of aromatic nitrogens is 2. The Labute approximate surface area is 117 Å². The van der Waals surface area contributed by atoms with E-state index in [0.717, 1.165) is 6.42 Å². The molecule has 5 heteroatoms. The number of benzene rings is 1. The molecule has 0 aliphatic heterocycles. The second-order valence-corrected chi connectivity index (χ2v) is 5.19. The van der Waals surface area contributed by atoms with Crippen molar-refractivity contribution < 1.29 is 8.91 Å². The zero-order chi connectivity index (χ0) is 14.6. The molecule has 1 aromatic heterocycles. The van der Waals surface area contributed by atoms with Crippen molar-refractivity contribution >= 4 is 0 Å². The summed E-state index contributed by atoms with van der Waals surface area (Å²) in [5, 5.41) is 12.8. The van der Waals surface area contributed by atoms with Crippen LogP contribution in [-0.2, 0) is 6.42 Å². The van der Waals surface area contributed by atoms with Crippen LogP contribution >= 0.6 is 0 Å². The average Bonchev–Trinajstić information content (AvgIpc) is 2.88. The van der Waals surface area contributed by atoms with Gasteiger partial charge in [-0.25, -0.2) is 4.39 Å². The van der Waals surface area contributed by atoms with Gasteiger partial charge in [0, 0.05) is 18.4 Å². The van der Waals surface area contributed by atoms with Crippen LogP contribution in [0.4, 0.5) is 4.39 Å². The largest absolute Gasteiger partial charge is 0.339 e. The molecular formula is C15H16FN3O. The maximum atomic E-state index is 12.9. The van der Waals surface area contributed by atoms with Gasteiger partial charge in [-0.05, 0) is 36.1 Å². The van der Waals surface area contributed by atoms with E-state index >= 15 is 0 Å². The molecule has 0 saturated heterocycles. The number of hydrogen-bond donors (Lipinski definition) is 0. The summed E-state index contributed by atoms with van der Waals surface area (Å²) in [4.78, 5) is 4.32. The lowest BCUT2D eigenvalue weighted by Crippen LogP contribution is -2.18. The number of nitrogens with zero attached hydrogens (tertiary/aromatic N) is 3. The van der Waals surface area contributed by atoms with Crippen LogP contribution in [0.15, 0.2) is 28.8 Å². The first-order chi connectivity index (χ1) is 9.56. The standard InChI is InChI=1S/C15H16FN3O/c1-3-15(2,8-9-17)10-13-18-14(19-20-13)11-4-6-12(16)7-5-11/h4-7H,3,8,10H2,1-2H3. The average molecular weight is 273 g/mol. The maximum absolute atomic E-state index is 12.9. The molecule has 2 rings (SSSR count). The van der Waals surface area contributed by atoms with Crippen molar-refractivity contribution in [1.82, 2.24) is 10.1 Å². The summed E-state index contributed by atoms with van der Waals surface area (Å²) in [6.07, 6.45) is 1.86. The van der Waals surface area contributed by atoms with Crippen LogP contribution in [0.5, 0.6) is 0 Å². The Morgan fingerprint density at radius 2 is 2.05 bits per heavy atom. The summed E-state index contributed by atoms with van der Waals surface area (Å²) in [7, 11) is 0. The van der Waals surface area contributed by atoms with Crippen LogP contribution in [0.1, 0.15) is 32.6 Å². The van der Waals surface area contributed by atoms with Gasteiger partial charge >= 0.3 is 0 Å². The summed E-state index contributed by atoms with van der Waals surface area (Å²) in [6.45, 7) is 4.06. The van der Waals surface area contributed by atoms with Crippen molar-refractivity contribution in [2.75, 3.05) is 0 Å². The highest BCUT2D eigenvalue weighted by molar-refractivity contribution is 5.53. The van der Waals surface area contributed by atoms with Gasteiger partial charge in [0.15, 0.2) is 0 Å². The third-order valence-electron chi connectivity index (χ3n) is 3.51. The maximum Gasteiger partial charge on any atom is 0.227 e. The lowest BCUT2D eigenvalue weighted by Gasteiger charge is -2.22. The first-order valence-corrected chi connectivity index (χ1v) is 6.52. The van der Waals surface area contributed by atoms with Crippen LogP contribution in [0, 0.1) is 22.6 Å². The number of nitriles is 1. The van der Waals surface area contributed by atoms with Gasteiger partial charge in [-0.3, -0.25) is 0 Å². The quantitative estimate of drug-likeness (QED) is 0.832. The predicted octanol–water partition coefficient (Wildman–Crippen LogP) is 3.75. The zero-order valence-electron chi connectivity index (χ0n) is 11.6. The predicted molar refractivity (Wildman–Crippen MR) is 72.0 cm³/mol. The SMILES string of the molecule is CCC(C)(CC#N)Cc1nc(-c2ccc(F)cc2)no1. The topological polar surface area (TPSA) is 62.7 Å². The van der Waals surface area contributed by atoms with E-state index in [9.17, 15) is 4.39 Å². The molecule has 104 valence electrons. The van der Waals surface area contributed by atoms with E-state index in [1.165, 1.54) is 12.1 Å². The van der Waals surface area contributed by atoms with E-state index in [1.54, 1.807) is 12.1 Å². The van der Waals surface area contributed by atoms with Gasteiger partial charge in [0.05, 0.1) is 6.07 Å². The third-order valence-corrected chi connectivity index (χ3v) is 3.51. The molecule has 0 spiro atoms. The first-order valence-electron chi connectivity index (χ1n) is 6.52. The van der Waals surface area contributed by atoms with Gasteiger partial charge < -0.3 is 4.52 Å². The van der Waals surface area contributed by atoms with E-state index in [-0.39, 0.29) is 11.2 Å². The third kappa shape index (κ3) is 3.21. The van der Waals surface area contributed by atoms with Gasteiger partial charge in [-0.15, -0.1) is 0 Å². The molecule has 0 aliphatic rings. The van der Waals surface area contributed by atoms with Gasteiger partial charge in [0.25, 0.3) is 0 Å². The molecule has 0 aliphatic carbocycles. The van der Waals surface area contributed by atoms with Crippen molar-refractivity contribution in [2.24, 2.45) is 5.41 Å². The second-order valence-electron chi connectivity index (χ2n) is 5.19. The van der Waals surface area contributed by atoms with E-state index in [0.29, 0.717) is 30.1 Å². The van der Waals surface area contributed by atoms with Crippen molar-refractivity contribution in [3.8, 4) is 17.5 Å². The molecule has 1 heterocycles. The highest BCUT2D eigenvalue weighted by Crippen LogP contribution is 2.30. The van der Waals surface area contributed by atoms with Crippen molar-refractivity contribution in [3.63, 3.8) is 0 Å². The molecule has 1 aromatic carbocycles. The van der Waals surface area contributed by atoms with Crippen molar-refractivity contribution in [3.05, 3.63) is 36.0 Å². The summed E-state index contributed by atoms with van der Waals surface area (Å²) in [5.41, 5.74) is 0.543. The Hall–Kier alpha value is -2.22. The highest BCUT2D eigenvalue weighted by atomic mass is 19.1. The number of hydrogen-bond acceptors (Lipinski definition) is 4. The Bertz CT molecular complexity index is 615. The summed E-state index contributed by atoms with van der Waals surface area (Å²) in [6, 6.07) is 8.13. The lowest BCUT2D eigenvalue weighted by atomic mass is 9.81. The summed E-state index contributed by atoms with van der Waals surface area (Å²) < 4.78 is 18.1. The summed E-state index contributed by atoms with van der Waals surface area (Å²) in [5.74, 6) is 0.643. The van der Waals surface area contributed by atoms with Crippen LogP contribution in [0.25, 0.3) is 11.4 Å². The number of rotatable bonds is 5. The Kier molecular flexibility index (Phi) is 4.14. The van der Waals surface area contributed by atoms with Crippen molar-refractivity contribution in [2.45, 2.75) is 33.1 Å². The molecule has 20 heavy (non-hydrogen) atoms. The normalized spacial score (nSPS) is 13.7. The fourth-order valence-corrected chi connectivity index (χ4v) is 1.91. The minimum Gasteiger partial charge on any atom is -0.339 e. The molecule has 0 fully saturated rings. The minimum atomic E-state index is -0.301. The van der Waals surface area contributed by atoms with Crippen molar-refractivity contribution in [1.29, 1.82) is 5.26 Å². The molecule has 0 bridgehead atoms. The van der Waals surface area contributed by atoms with E-state index < -0.39 is 0 Å². The van der Waals surface area contributed by atoms with E-state index in [2.05, 4.69) is 16.2 Å². The molecule has 0 N–H and O–H groups in total. The molecule has 2 aromatic rings.